The number of hydrogen-bond donors (Lipinski definition) is 5. The van der Waals surface area contributed by atoms with Crippen LogP contribution in [0.2, 0.25) is 0 Å². The van der Waals surface area contributed by atoms with Gasteiger partial charge in [-0.3, -0.25) is 9.59 Å². The summed E-state index contributed by atoms with van der Waals surface area (Å²) in [5.74, 6) is -0.406. The first-order valence-corrected chi connectivity index (χ1v) is 15.1. The van der Waals surface area contributed by atoms with Crippen LogP contribution in [-0.4, -0.2) is 72.0 Å². The molecule has 5 rings (SSSR count). The number of aliphatic hydroxyl groups is 2. The summed E-state index contributed by atoms with van der Waals surface area (Å²) < 4.78 is 5.53. The van der Waals surface area contributed by atoms with Gasteiger partial charge in [-0.05, 0) is 55.5 Å². The summed E-state index contributed by atoms with van der Waals surface area (Å²) in [7, 11) is 0. The SMILES string of the molecule is CC(C)(CC(=O)N[C@@H]1CCc2ccccc2N(Cc2ccc(-c3ccccc3NC3=NCCO3)cc2)C1=O)NC[C@H](O)CO. The van der Waals surface area contributed by atoms with Crippen LogP contribution in [-0.2, 0) is 27.3 Å². The molecule has 0 unspecified atom stereocenters. The van der Waals surface area contributed by atoms with Crippen molar-refractivity contribution < 1.29 is 24.5 Å². The number of aryl methyl sites for hydroxylation is 1. The van der Waals surface area contributed by atoms with Crippen molar-refractivity contribution in [3.8, 4) is 11.1 Å². The van der Waals surface area contributed by atoms with Gasteiger partial charge in [-0.1, -0.05) is 60.7 Å². The van der Waals surface area contributed by atoms with Crippen molar-refractivity contribution in [3.05, 3.63) is 83.9 Å². The van der Waals surface area contributed by atoms with Gasteiger partial charge < -0.3 is 35.8 Å². The molecule has 0 spiro atoms. The van der Waals surface area contributed by atoms with E-state index in [9.17, 15) is 14.7 Å². The molecule has 0 bridgehead atoms. The first-order valence-electron chi connectivity index (χ1n) is 15.1. The maximum atomic E-state index is 14.0. The Labute approximate surface area is 258 Å². The number of nitrogens with one attached hydrogen (secondary N) is 3. The van der Waals surface area contributed by atoms with E-state index in [1.807, 2.05) is 86.6 Å². The topological polar surface area (TPSA) is 136 Å². The molecule has 44 heavy (non-hydrogen) atoms. The average Bonchev–Trinajstić information content (AvgIpc) is 3.50. The molecule has 0 fully saturated rings. The van der Waals surface area contributed by atoms with Crippen LogP contribution in [0.1, 0.15) is 37.8 Å². The second kappa shape index (κ2) is 14.0. The molecule has 2 heterocycles. The van der Waals surface area contributed by atoms with E-state index in [0.29, 0.717) is 38.6 Å². The molecule has 10 nitrogen and oxygen atoms in total. The first kappa shape index (κ1) is 31.2. The Morgan fingerprint density at radius 1 is 1.09 bits per heavy atom. The molecule has 0 aromatic heterocycles. The molecule has 0 saturated carbocycles. The van der Waals surface area contributed by atoms with Gasteiger partial charge in [-0.2, -0.15) is 0 Å². The van der Waals surface area contributed by atoms with E-state index in [1.165, 1.54) is 0 Å². The molecule has 3 aromatic rings. The Morgan fingerprint density at radius 3 is 2.59 bits per heavy atom. The molecule has 0 aliphatic carbocycles. The zero-order chi connectivity index (χ0) is 31.1. The third-order valence-electron chi connectivity index (χ3n) is 7.87. The van der Waals surface area contributed by atoms with Crippen molar-refractivity contribution in [2.75, 3.05) is 36.5 Å². The molecular weight excluding hydrogens is 558 g/mol. The number of fused-ring (bicyclic) bond motifs is 1. The van der Waals surface area contributed by atoms with Gasteiger partial charge in [0.15, 0.2) is 0 Å². The second-order valence-corrected chi connectivity index (χ2v) is 11.9. The fourth-order valence-electron chi connectivity index (χ4n) is 5.52. The Bertz CT molecular complexity index is 1490. The van der Waals surface area contributed by atoms with Crippen molar-refractivity contribution in [3.63, 3.8) is 0 Å². The highest BCUT2D eigenvalue weighted by molar-refractivity contribution is 6.00. The molecule has 0 radical (unpaired) electrons. The van der Waals surface area contributed by atoms with Crippen molar-refractivity contribution in [1.82, 2.24) is 10.6 Å². The monoisotopic (exact) mass is 599 g/mol. The maximum Gasteiger partial charge on any atom is 0.289 e. The summed E-state index contributed by atoms with van der Waals surface area (Å²) in [6.07, 6.45) is 0.354. The predicted molar refractivity (Wildman–Crippen MR) is 171 cm³/mol. The number of rotatable bonds is 11. The summed E-state index contributed by atoms with van der Waals surface area (Å²) in [5, 5.41) is 28.1. The van der Waals surface area contributed by atoms with Crippen molar-refractivity contribution in [2.24, 2.45) is 4.99 Å². The van der Waals surface area contributed by atoms with Crippen LogP contribution >= 0.6 is 0 Å². The van der Waals surface area contributed by atoms with Crippen LogP contribution < -0.4 is 20.9 Å². The van der Waals surface area contributed by atoms with Crippen LogP contribution in [0, 0.1) is 0 Å². The third-order valence-corrected chi connectivity index (χ3v) is 7.87. The van der Waals surface area contributed by atoms with Gasteiger partial charge in [0.25, 0.3) is 6.02 Å². The van der Waals surface area contributed by atoms with Crippen molar-refractivity contribution in [1.29, 1.82) is 0 Å². The molecular formula is C34H41N5O5. The van der Waals surface area contributed by atoms with E-state index < -0.39 is 17.7 Å². The molecule has 5 N–H and O–H groups in total. The number of aliphatic hydroxyl groups excluding tert-OH is 2. The van der Waals surface area contributed by atoms with Crippen LogP contribution in [0.5, 0.6) is 0 Å². The number of hydrogen-bond acceptors (Lipinski definition) is 8. The zero-order valence-electron chi connectivity index (χ0n) is 25.3. The van der Waals surface area contributed by atoms with Gasteiger partial charge in [0.05, 0.1) is 31.5 Å². The minimum atomic E-state index is -0.908. The average molecular weight is 600 g/mol. The Hall–Kier alpha value is -4.25. The highest BCUT2D eigenvalue weighted by atomic mass is 16.5. The minimum Gasteiger partial charge on any atom is -0.463 e. The highest BCUT2D eigenvalue weighted by Gasteiger charge is 2.33. The van der Waals surface area contributed by atoms with E-state index >= 15 is 0 Å². The normalized spacial score (nSPS) is 17.3. The van der Waals surface area contributed by atoms with Crippen LogP contribution in [0.25, 0.3) is 11.1 Å². The lowest BCUT2D eigenvalue weighted by atomic mass is 9.99. The molecule has 0 saturated heterocycles. The predicted octanol–water partition coefficient (Wildman–Crippen LogP) is 3.23. The smallest absolute Gasteiger partial charge is 0.289 e. The number of amides is 2. The van der Waals surface area contributed by atoms with E-state index in [1.54, 1.807) is 4.90 Å². The molecule has 3 aromatic carbocycles. The molecule has 2 aliphatic rings. The van der Waals surface area contributed by atoms with Gasteiger partial charge in [-0.25, -0.2) is 4.99 Å². The quantitative estimate of drug-likeness (QED) is 0.228. The number of anilines is 2. The summed E-state index contributed by atoms with van der Waals surface area (Å²) >= 11 is 0. The van der Waals surface area contributed by atoms with Gasteiger partial charge in [0, 0.05) is 29.8 Å². The number of nitrogens with zero attached hydrogens (tertiary/aromatic N) is 2. The molecule has 2 atom stereocenters. The largest absolute Gasteiger partial charge is 0.463 e. The lowest BCUT2D eigenvalue weighted by Crippen LogP contribution is -2.51. The standard InChI is InChI=1S/C34H41N5O5/c1-34(2,36-20-26(41)22-40)19-31(42)37-29-16-15-25-7-3-6-10-30(25)39(32(29)43)21-23-11-13-24(14-12-23)27-8-4-5-9-28(27)38-33-35-17-18-44-33/h3-14,26,29,36,40-41H,15-22H2,1-2H3,(H,35,38)(H,37,42)/t26-,29+/m0/s1. The van der Waals surface area contributed by atoms with E-state index in [0.717, 1.165) is 33.6 Å². The zero-order valence-corrected chi connectivity index (χ0v) is 25.3. The summed E-state index contributed by atoms with van der Waals surface area (Å²) in [6.45, 7) is 5.08. The lowest BCUT2D eigenvalue weighted by molar-refractivity contribution is -0.128. The summed E-state index contributed by atoms with van der Waals surface area (Å²) in [6, 6.07) is 23.9. The Balaban J connectivity index is 1.31. The van der Waals surface area contributed by atoms with Gasteiger partial charge in [0.1, 0.15) is 12.6 Å². The van der Waals surface area contributed by atoms with Gasteiger partial charge >= 0.3 is 0 Å². The lowest BCUT2D eigenvalue weighted by Gasteiger charge is -2.29. The fraction of sp³-hybridized carbons (Fsp3) is 0.382. The molecule has 232 valence electrons. The first-order chi connectivity index (χ1) is 21.2. The van der Waals surface area contributed by atoms with Gasteiger partial charge in [0.2, 0.25) is 11.8 Å². The third kappa shape index (κ3) is 7.82. The number of benzene rings is 3. The van der Waals surface area contributed by atoms with E-state index in [4.69, 9.17) is 9.84 Å². The van der Waals surface area contributed by atoms with Crippen molar-refractivity contribution in [2.45, 2.75) is 57.3 Å². The number of β-amino-alcohol motifs (C(OH)–C–C–N with tert-alkyl or cyclic N) is 1. The fourth-order valence-corrected chi connectivity index (χ4v) is 5.52. The Kier molecular flexibility index (Phi) is 9.94. The number of para-hydroxylation sites is 2. The number of ether oxygens (including phenoxy) is 1. The summed E-state index contributed by atoms with van der Waals surface area (Å²) in [5.41, 5.74) is 5.18. The molecule has 2 aliphatic heterocycles. The minimum absolute atomic E-state index is 0.110. The van der Waals surface area contributed by atoms with Crippen LogP contribution in [0.3, 0.4) is 0 Å². The van der Waals surface area contributed by atoms with Crippen LogP contribution in [0.4, 0.5) is 11.4 Å². The van der Waals surface area contributed by atoms with Gasteiger partial charge in [-0.15, -0.1) is 0 Å². The molecule has 10 heteroatoms. The molecule has 2 amide bonds. The second-order valence-electron chi connectivity index (χ2n) is 11.9. The number of amidine groups is 1. The van der Waals surface area contributed by atoms with Crippen LogP contribution in [0.15, 0.2) is 77.8 Å². The Morgan fingerprint density at radius 2 is 1.84 bits per heavy atom. The number of carbonyl (C=O) groups is 2. The van der Waals surface area contributed by atoms with E-state index in [2.05, 4.69) is 20.9 Å². The number of carbonyl (C=O) groups excluding carboxylic acids is 2. The van der Waals surface area contributed by atoms with Crippen molar-refractivity contribution >= 4 is 29.2 Å². The highest BCUT2D eigenvalue weighted by Crippen LogP contribution is 2.31. The maximum absolute atomic E-state index is 14.0. The summed E-state index contributed by atoms with van der Waals surface area (Å²) in [4.78, 5) is 33.2. The number of aliphatic imine (C=N–C) groups is 1. The van der Waals surface area contributed by atoms with E-state index in [-0.39, 0.29) is 31.4 Å².